The topological polar surface area (TPSA) is 30.5 Å². The number of ether oxygens (including phenoxy) is 2. The van der Waals surface area contributed by atoms with Gasteiger partial charge >= 0.3 is 0 Å². The van der Waals surface area contributed by atoms with E-state index in [2.05, 4.69) is 35.6 Å². The molecule has 0 bridgehead atoms. The molecule has 0 aromatic heterocycles. The predicted octanol–water partition coefficient (Wildman–Crippen LogP) is 3.70. The van der Waals surface area contributed by atoms with Gasteiger partial charge in [-0.1, -0.05) is 30.3 Å². The van der Waals surface area contributed by atoms with E-state index in [1.807, 2.05) is 13.8 Å². The molecule has 2 rings (SSSR count). The van der Waals surface area contributed by atoms with Gasteiger partial charge in [-0.3, -0.25) is 0 Å². The van der Waals surface area contributed by atoms with Gasteiger partial charge in [0, 0.05) is 25.8 Å². The maximum absolute atomic E-state index is 5.58. The summed E-state index contributed by atoms with van der Waals surface area (Å²) in [6, 6.07) is 11.5. The Kier molecular flexibility index (Phi) is 7.20. The van der Waals surface area contributed by atoms with E-state index in [0.29, 0.717) is 19.3 Å². The molecule has 0 amide bonds. The lowest BCUT2D eigenvalue weighted by Gasteiger charge is -2.30. The van der Waals surface area contributed by atoms with E-state index in [-0.39, 0.29) is 6.29 Å². The van der Waals surface area contributed by atoms with Crippen molar-refractivity contribution in [3.05, 3.63) is 35.9 Å². The zero-order chi connectivity index (χ0) is 14.9. The van der Waals surface area contributed by atoms with E-state index in [0.717, 1.165) is 12.5 Å². The molecule has 118 valence electrons. The molecule has 1 aliphatic rings. The van der Waals surface area contributed by atoms with Crippen LogP contribution in [0.15, 0.2) is 30.3 Å². The van der Waals surface area contributed by atoms with E-state index < -0.39 is 0 Å². The van der Waals surface area contributed by atoms with Gasteiger partial charge in [0.25, 0.3) is 0 Å². The smallest absolute Gasteiger partial charge is 0.169 e. The Bertz CT molecular complexity index is 368. The standard InChI is InChI=1S/C18H29NO2/c1-3-20-18(21-4-2)14-19-17-12-10-16(11-13-17)15-8-6-5-7-9-15/h5-9,16-19H,3-4,10-14H2,1-2H3. The first-order valence-corrected chi connectivity index (χ1v) is 8.35. The summed E-state index contributed by atoms with van der Waals surface area (Å²) in [5.74, 6) is 0.735. The second kappa shape index (κ2) is 9.19. The molecule has 0 atom stereocenters. The third kappa shape index (κ3) is 5.42. The van der Waals surface area contributed by atoms with Crippen molar-refractivity contribution in [3.63, 3.8) is 0 Å². The Balaban J connectivity index is 1.71. The van der Waals surface area contributed by atoms with Crippen LogP contribution in [-0.4, -0.2) is 32.1 Å². The first kappa shape index (κ1) is 16.5. The van der Waals surface area contributed by atoms with Gasteiger partial charge in [-0.05, 0) is 51.0 Å². The summed E-state index contributed by atoms with van der Waals surface area (Å²) >= 11 is 0. The minimum Gasteiger partial charge on any atom is -0.352 e. The van der Waals surface area contributed by atoms with Crippen LogP contribution in [0.3, 0.4) is 0 Å². The highest BCUT2D eigenvalue weighted by Gasteiger charge is 2.22. The molecule has 21 heavy (non-hydrogen) atoms. The van der Waals surface area contributed by atoms with Gasteiger partial charge in [0.05, 0.1) is 0 Å². The maximum atomic E-state index is 5.58. The highest BCUT2D eigenvalue weighted by molar-refractivity contribution is 5.20. The van der Waals surface area contributed by atoms with Crippen LogP contribution in [0, 0.1) is 0 Å². The molecule has 1 fully saturated rings. The van der Waals surface area contributed by atoms with Gasteiger partial charge < -0.3 is 14.8 Å². The normalized spacial score (nSPS) is 22.6. The van der Waals surface area contributed by atoms with Gasteiger partial charge in [-0.2, -0.15) is 0 Å². The number of nitrogens with one attached hydrogen (secondary N) is 1. The second-order valence-electron chi connectivity index (χ2n) is 5.71. The number of hydrogen-bond donors (Lipinski definition) is 1. The third-order valence-electron chi connectivity index (χ3n) is 4.28. The molecule has 1 N–H and O–H groups in total. The Morgan fingerprint density at radius 3 is 2.19 bits per heavy atom. The summed E-state index contributed by atoms with van der Waals surface area (Å²) in [7, 11) is 0. The molecule has 0 spiro atoms. The Morgan fingerprint density at radius 2 is 1.62 bits per heavy atom. The lowest BCUT2D eigenvalue weighted by molar-refractivity contribution is -0.134. The molecule has 1 aliphatic carbocycles. The van der Waals surface area contributed by atoms with Gasteiger partial charge in [0.2, 0.25) is 0 Å². The van der Waals surface area contributed by atoms with E-state index >= 15 is 0 Å². The summed E-state index contributed by atoms with van der Waals surface area (Å²) in [5, 5.41) is 3.61. The second-order valence-corrected chi connectivity index (χ2v) is 5.71. The molecule has 0 saturated heterocycles. The molecular weight excluding hydrogens is 262 g/mol. The molecule has 3 heteroatoms. The summed E-state index contributed by atoms with van der Waals surface area (Å²) < 4.78 is 11.2. The first-order valence-electron chi connectivity index (χ1n) is 8.35. The predicted molar refractivity (Wildman–Crippen MR) is 86.5 cm³/mol. The summed E-state index contributed by atoms with van der Waals surface area (Å²) in [4.78, 5) is 0. The van der Waals surface area contributed by atoms with Crippen molar-refractivity contribution in [2.45, 2.75) is 57.8 Å². The summed E-state index contributed by atoms with van der Waals surface area (Å²) in [6.07, 6.45) is 4.92. The van der Waals surface area contributed by atoms with Gasteiger partial charge in [0.1, 0.15) is 0 Å². The number of rotatable bonds is 8. The highest BCUT2D eigenvalue weighted by atomic mass is 16.7. The van der Waals surface area contributed by atoms with E-state index in [1.165, 1.54) is 31.2 Å². The van der Waals surface area contributed by atoms with Crippen LogP contribution in [0.25, 0.3) is 0 Å². The number of hydrogen-bond acceptors (Lipinski definition) is 3. The molecular formula is C18H29NO2. The number of benzene rings is 1. The van der Waals surface area contributed by atoms with Gasteiger partial charge in [-0.15, -0.1) is 0 Å². The van der Waals surface area contributed by atoms with Crippen molar-refractivity contribution in [2.75, 3.05) is 19.8 Å². The Hall–Kier alpha value is -0.900. The quantitative estimate of drug-likeness (QED) is 0.741. The van der Waals surface area contributed by atoms with E-state index in [9.17, 15) is 0 Å². The van der Waals surface area contributed by atoms with Crippen LogP contribution in [0.2, 0.25) is 0 Å². The fraction of sp³-hybridized carbons (Fsp3) is 0.667. The SMILES string of the molecule is CCOC(CNC1CCC(c2ccccc2)CC1)OCC. The third-order valence-corrected chi connectivity index (χ3v) is 4.28. The summed E-state index contributed by atoms with van der Waals surface area (Å²) in [6.45, 7) is 6.22. The molecule has 0 heterocycles. The van der Waals surface area contributed by atoms with Crippen LogP contribution in [0.1, 0.15) is 51.0 Å². The molecule has 1 aromatic carbocycles. The van der Waals surface area contributed by atoms with Crippen molar-refractivity contribution in [1.29, 1.82) is 0 Å². The molecule has 1 aromatic rings. The Morgan fingerprint density at radius 1 is 1.00 bits per heavy atom. The molecule has 0 unspecified atom stereocenters. The fourth-order valence-corrected chi connectivity index (χ4v) is 3.16. The lowest BCUT2D eigenvalue weighted by atomic mass is 9.82. The van der Waals surface area contributed by atoms with Crippen LogP contribution < -0.4 is 5.32 Å². The largest absolute Gasteiger partial charge is 0.352 e. The average molecular weight is 291 g/mol. The van der Waals surface area contributed by atoms with Crippen molar-refractivity contribution >= 4 is 0 Å². The van der Waals surface area contributed by atoms with Crippen molar-refractivity contribution < 1.29 is 9.47 Å². The zero-order valence-corrected chi connectivity index (χ0v) is 13.4. The molecule has 0 radical (unpaired) electrons. The lowest BCUT2D eigenvalue weighted by Crippen LogP contribution is -2.39. The molecule has 3 nitrogen and oxygen atoms in total. The fourth-order valence-electron chi connectivity index (χ4n) is 3.16. The highest BCUT2D eigenvalue weighted by Crippen LogP contribution is 2.32. The van der Waals surface area contributed by atoms with Crippen LogP contribution in [0.5, 0.6) is 0 Å². The maximum Gasteiger partial charge on any atom is 0.169 e. The van der Waals surface area contributed by atoms with E-state index in [4.69, 9.17) is 9.47 Å². The van der Waals surface area contributed by atoms with Crippen LogP contribution in [-0.2, 0) is 9.47 Å². The molecule has 0 aliphatic heterocycles. The van der Waals surface area contributed by atoms with Gasteiger partial charge in [-0.25, -0.2) is 0 Å². The Labute approximate surface area is 129 Å². The van der Waals surface area contributed by atoms with Crippen LogP contribution in [0.4, 0.5) is 0 Å². The minimum absolute atomic E-state index is 0.105. The first-order chi connectivity index (χ1) is 10.3. The van der Waals surface area contributed by atoms with Crippen molar-refractivity contribution in [3.8, 4) is 0 Å². The average Bonchev–Trinajstić information content (AvgIpc) is 2.54. The van der Waals surface area contributed by atoms with E-state index in [1.54, 1.807) is 0 Å². The molecule has 1 saturated carbocycles. The monoisotopic (exact) mass is 291 g/mol. The van der Waals surface area contributed by atoms with Crippen molar-refractivity contribution in [2.24, 2.45) is 0 Å². The van der Waals surface area contributed by atoms with Crippen LogP contribution >= 0.6 is 0 Å². The van der Waals surface area contributed by atoms with Crippen molar-refractivity contribution in [1.82, 2.24) is 5.32 Å². The zero-order valence-electron chi connectivity index (χ0n) is 13.4. The minimum atomic E-state index is -0.105. The summed E-state index contributed by atoms with van der Waals surface area (Å²) in [5.41, 5.74) is 1.50. The van der Waals surface area contributed by atoms with Gasteiger partial charge in [0.15, 0.2) is 6.29 Å².